The Morgan fingerprint density at radius 3 is 1.61 bits per heavy atom. The topological polar surface area (TPSA) is 3.24 Å². The summed E-state index contributed by atoms with van der Waals surface area (Å²) in [5.74, 6) is 1.80. The lowest BCUT2D eigenvalue weighted by atomic mass is 9.79. The zero-order valence-electron chi connectivity index (χ0n) is 39.7. The van der Waals surface area contributed by atoms with Crippen molar-refractivity contribution in [3.63, 3.8) is 0 Å². The van der Waals surface area contributed by atoms with Crippen molar-refractivity contribution in [2.45, 2.75) is 228 Å². The first-order valence-electron chi connectivity index (χ1n) is 24.9. The molecule has 7 heteroatoms. The molecule has 0 aromatic heterocycles. The van der Waals surface area contributed by atoms with E-state index in [4.69, 9.17) is 0 Å². The molecule has 328 valence electrons. The van der Waals surface area contributed by atoms with E-state index in [0.29, 0.717) is 0 Å². The van der Waals surface area contributed by atoms with Crippen LogP contribution in [-0.4, -0.2) is 85.9 Å². The lowest BCUT2D eigenvalue weighted by Gasteiger charge is -2.46. The van der Waals surface area contributed by atoms with Crippen LogP contribution in [0.25, 0.3) is 0 Å². The maximum absolute atomic E-state index is 2.88. The van der Waals surface area contributed by atoms with E-state index in [2.05, 4.69) is 130 Å². The molecule has 0 aliphatic carbocycles. The molecule has 17 atom stereocenters. The van der Waals surface area contributed by atoms with Gasteiger partial charge < -0.3 is 0 Å². The maximum Gasteiger partial charge on any atom is 0.0224 e. The summed E-state index contributed by atoms with van der Waals surface area (Å²) in [5, 5.41) is 7.48. The van der Waals surface area contributed by atoms with Gasteiger partial charge in [-0.2, -0.15) is 0 Å². The van der Waals surface area contributed by atoms with Gasteiger partial charge in [0.25, 0.3) is 0 Å². The zero-order chi connectivity index (χ0) is 41.9. The fourth-order valence-corrected chi connectivity index (χ4v) is 34.7. The summed E-state index contributed by atoms with van der Waals surface area (Å²) in [6, 6.07) is 18.5. The number of hydrogen-bond acceptors (Lipinski definition) is 1. The number of benzene rings is 2. The Morgan fingerprint density at radius 2 is 1.00 bits per heavy atom. The highest BCUT2D eigenvalue weighted by Crippen LogP contribution is 2.74. The molecule has 2 aromatic rings. The minimum Gasteiger partial charge on any atom is -0.280 e. The molecule has 0 saturated carbocycles. The molecule has 0 radical (unpaired) electrons. The zero-order valence-corrected chi connectivity index (χ0v) is 45.0. The van der Waals surface area contributed by atoms with Crippen molar-refractivity contribution in [3.05, 3.63) is 48.0 Å². The second-order valence-corrected chi connectivity index (χ2v) is 39.4. The quantitative estimate of drug-likeness (QED) is 0.215. The van der Waals surface area contributed by atoms with Crippen LogP contribution in [0.3, 0.4) is 0 Å². The Kier molecular flexibility index (Phi) is 15.6. The number of hydrogen-bond donors (Lipinski definition) is 0. The molecule has 6 fully saturated rings. The van der Waals surface area contributed by atoms with E-state index >= 15 is 0 Å². The molecule has 0 N–H and O–H groups in total. The minimum absolute atomic E-state index is 0.0426. The SMILES string of the molecule is C[C@H]1[C@H](C)P1CN(C)P1[C@@H](C)[C@@H]1Cc1ccc(P2[C@@H](C)CCC(C3CC[C@H](C)P(c4ccccc4P4[C@@H](C)CCCC[C@@H]4C)[C@@H](C)C3)[C@@H]2C)c(P2[C@@H](C)CCC[C@@H]2C)c1. The third-order valence-electron chi connectivity index (χ3n) is 17.4. The first-order valence-corrected chi connectivity index (χ1v) is 33.9. The molecule has 6 saturated heterocycles. The Balaban J connectivity index is 1.04. The van der Waals surface area contributed by atoms with Crippen molar-refractivity contribution < 1.29 is 0 Å². The molecule has 6 aliphatic heterocycles. The maximum atomic E-state index is 2.88. The molecule has 2 aromatic carbocycles. The van der Waals surface area contributed by atoms with Gasteiger partial charge in [0.1, 0.15) is 0 Å². The molecule has 1 nitrogen and oxygen atoms in total. The molecule has 0 spiro atoms. The molecule has 6 aliphatic rings. The van der Waals surface area contributed by atoms with E-state index in [0.717, 1.165) is 79.7 Å². The molecule has 6 heterocycles. The average Bonchev–Trinajstić information content (AvgIpc) is 4.06. The highest BCUT2D eigenvalue weighted by atomic mass is 31.1. The smallest absolute Gasteiger partial charge is 0.0224 e. The Morgan fingerprint density at radius 1 is 0.492 bits per heavy atom. The van der Waals surface area contributed by atoms with Crippen molar-refractivity contribution in [2.24, 2.45) is 11.8 Å². The molecular formula is C52H85NP6. The van der Waals surface area contributed by atoms with E-state index in [-0.39, 0.29) is 47.7 Å². The van der Waals surface area contributed by atoms with E-state index in [1.807, 2.05) is 21.2 Å². The predicted octanol–water partition coefficient (Wildman–Crippen LogP) is 14.8. The highest BCUT2D eigenvalue weighted by Gasteiger charge is 2.52. The summed E-state index contributed by atoms with van der Waals surface area (Å²) in [4.78, 5) is 0. The van der Waals surface area contributed by atoms with Gasteiger partial charge in [-0.1, -0.05) is 177 Å². The number of nitrogens with zero attached hydrogens (tertiary/aromatic N) is 1. The van der Waals surface area contributed by atoms with E-state index < -0.39 is 0 Å². The molecule has 0 bridgehead atoms. The van der Waals surface area contributed by atoms with Gasteiger partial charge in [0.05, 0.1) is 0 Å². The summed E-state index contributed by atoms with van der Waals surface area (Å²) in [5.41, 5.74) is 12.3. The van der Waals surface area contributed by atoms with Gasteiger partial charge in [0.15, 0.2) is 0 Å². The van der Waals surface area contributed by atoms with Crippen molar-refractivity contribution in [3.8, 4) is 0 Å². The van der Waals surface area contributed by atoms with Crippen molar-refractivity contribution >= 4 is 68.9 Å². The largest absolute Gasteiger partial charge is 0.280 e. The van der Waals surface area contributed by atoms with Crippen molar-refractivity contribution in [2.75, 3.05) is 13.3 Å². The van der Waals surface area contributed by atoms with E-state index in [1.165, 1.54) is 89.8 Å². The van der Waals surface area contributed by atoms with Crippen LogP contribution in [0.2, 0.25) is 0 Å². The summed E-state index contributed by atoms with van der Waals surface area (Å²) in [6.45, 7) is 29.1. The van der Waals surface area contributed by atoms with E-state index in [9.17, 15) is 0 Å². The van der Waals surface area contributed by atoms with Crippen LogP contribution in [0.1, 0.15) is 159 Å². The third kappa shape index (κ3) is 9.77. The molecule has 59 heavy (non-hydrogen) atoms. The van der Waals surface area contributed by atoms with Crippen LogP contribution in [0.4, 0.5) is 0 Å². The van der Waals surface area contributed by atoms with Crippen LogP contribution in [0, 0.1) is 11.8 Å². The normalized spacial score (nSPS) is 43.6. The van der Waals surface area contributed by atoms with Gasteiger partial charge in [0, 0.05) is 11.9 Å². The molecule has 8 rings (SSSR count). The lowest BCUT2D eigenvalue weighted by molar-refractivity contribution is 0.260. The molecular weight excluding hydrogens is 824 g/mol. The summed E-state index contributed by atoms with van der Waals surface area (Å²) in [6.07, 6.45) is 20.2. The molecule has 0 amide bonds. The lowest BCUT2D eigenvalue weighted by Crippen LogP contribution is -2.40. The second kappa shape index (κ2) is 19.8. The summed E-state index contributed by atoms with van der Waals surface area (Å²) < 4.78 is 2.87. The summed E-state index contributed by atoms with van der Waals surface area (Å²) >= 11 is 0. The second-order valence-electron chi connectivity index (χ2n) is 21.3. The highest BCUT2D eigenvalue weighted by molar-refractivity contribution is 7.74. The Bertz CT molecular complexity index is 1690. The summed E-state index contributed by atoms with van der Waals surface area (Å²) in [7, 11) is 2.25. The van der Waals surface area contributed by atoms with Crippen LogP contribution in [0.5, 0.6) is 0 Å². The first kappa shape index (κ1) is 46.5. The van der Waals surface area contributed by atoms with Gasteiger partial charge in [-0.15, -0.1) is 0 Å². The minimum atomic E-state index is -0.187. The third-order valence-corrected chi connectivity index (χ3v) is 37.9. The first-order chi connectivity index (χ1) is 28.3. The van der Waals surface area contributed by atoms with Gasteiger partial charge in [-0.3, -0.25) is 4.67 Å². The van der Waals surface area contributed by atoms with Crippen LogP contribution in [0.15, 0.2) is 42.5 Å². The van der Waals surface area contributed by atoms with Gasteiger partial charge in [-0.05, 0) is 180 Å². The van der Waals surface area contributed by atoms with Crippen molar-refractivity contribution in [1.29, 1.82) is 0 Å². The Labute approximate surface area is 372 Å². The molecule has 5 unspecified atom stereocenters. The van der Waals surface area contributed by atoms with E-state index in [1.54, 1.807) is 5.56 Å². The van der Waals surface area contributed by atoms with Crippen LogP contribution >= 0.6 is 47.7 Å². The average molecular weight is 910 g/mol. The van der Waals surface area contributed by atoms with Gasteiger partial charge in [-0.25, -0.2) is 0 Å². The standard InChI is InChI=1S/C52H85NP6/c1-34-18-13-14-19-35(2)55(34)48-22-15-16-23-49(48)57-38(5)24-27-46(30-40(57)7)47-28-25-39(6)58(43(47)10)50-29-26-45(32-52(50)56-36(3)20-17-21-37(56)4)31-51-44(11)59(51)53(12)33-54-41(8)42(54)9/h15-16,22-23,26,29,32,34-44,46-47,51H,13-14,17-21,24-25,27-28,30-31,33H2,1-12H3/t34-,35-,36-,37-,38-,39-,40-,41-,42-,43-,44-,46?,47?,51-,57?,58?,59?/m0/s1. The fraction of sp³-hybridized carbons (Fsp3) is 0.769. The van der Waals surface area contributed by atoms with Crippen LogP contribution in [-0.2, 0) is 6.42 Å². The number of rotatable bonds is 10. The van der Waals surface area contributed by atoms with Gasteiger partial charge >= 0.3 is 0 Å². The Hall–Kier alpha value is 0.980. The van der Waals surface area contributed by atoms with Crippen LogP contribution < -0.4 is 21.2 Å². The predicted molar refractivity (Wildman–Crippen MR) is 280 cm³/mol. The fourth-order valence-electron chi connectivity index (χ4n) is 13.7. The van der Waals surface area contributed by atoms with Crippen molar-refractivity contribution in [1.82, 2.24) is 4.67 Å². The van der Waals surface area contributed by atoms with Gasteiger partial charge in [0.2, 0.25) is 0 Å². The monoisotopic (exact) mass is 910 g/mol.